The van der Waals surface area contributed by atoms with Crippen LogP contribution in [0.3, 0.4) is 0 Å². The number of likely N-dealkylation sites (tertiary alicyclic amines) is 1. The molecule has 5 nitrogen and oxygen atoms in total. The summed E-state index contributed by atoms with van der Waals surface area (Å²) >= 11 is 0. The number of piperazine rings is 1. The number of nitrogens with zero attached hydrogens (tertiary/aromatic N) is 3. The molecule has 2 aliphatic heterocycles. The van der Waals surface area contributed by atoms with Gasteiger partial charge in [0.1, 0.15) is 0 Å². The van der Waals surface area contributed by atoms with Crippen LogP contribution in [-0.2, 0) is 4.79 Å². The molecule has 3 aliphatic rings. The van der Waals surface area contributed by atoms with Crippen LogP contribution in [0.1, 0.15) is 46.5 Å². The van der Waals surface area contributed by atoms with Crippen molar-refractivity contribution in [3.63, 3.8) is 0 Å². The lowest BCUT2D eigenvalue weighted by molar-refractivity contribution is -0.130. The Hall–Kier alpha value is -0.650. The predicted octanol–water partition coefficient (Wildman–Crippen LogP) is 1.41. The van der Waals surface area contributed by atoms with E-state index in [9.17, 15) is 9.90 Å². The van der Waals surface area contributed by atoms with Gasteiger partial charge in [-0.25, -0.2) is 0 Å². The summed E-state index contributed by atoms with van der Waals surface area (Å²) in [6.07, 6.45) is 4.24. The summed E-state index contributed by atoms with van der Waals surface area (Å²) in [5.74, 6) is 1.61. The lowest BCUT2D eigenvalue weighted by Crippen LogP contribution is -2.53. The molecule has 0 spiro atoms. The zero-order chi connectivity index (χ0) is 17.3. The third-order valence-corrected chi connectivity index (χ3v) is 6.60. The zero-order valence-electron chi connectivity index (χ0n) is 15.7. The van der Waals surface area contributed by atoms with Gasteiger partial charge in [0.2, 0.25) is 5.91 Å². The molecule has 0 unspecified atom stereocenters. The highest BCUT2D eigenvalue weighted by atomic mass is 16.3. The van der Waals surface area contributed by atoms with Crippen molar-refractivity contribution in [1.82, 2.24) is 14.7 Å². The minimum absolute atomic E-state index is 0.199. The van der Waals surface area contributed by atoms with Crippen molar-refractivity contribution in [3.8, 4) is 0 Å². The molecule has 3 fully saturated rings. The molecule has 2 saturated heterocycles. The quantitative estimate of drug-likeness (QED) is 0.846. The van der Waals surface area contributed by atoms with Crippen LogP contribution in [0, 0.1) is 11.8 Å². The highest BCUT2D eigenvalue weighted by Crippen LogP contribution is 2.34. The Morgan fingerprint density at radius 1 is 1.08 bits per heavy atom. The van der Waals surface area contributed by atoms with E-state index in [1.54, 1.807) is 6.92 Å². The Morgan fingerprint density at radius 2 is 1.71 bits per heavy atom. The second-order valence-electron chi connectivity index (χ2n) is 8.69. The fourth-order valence-corrected chi connectivity index (χ4v) is 4.89. The van der Waals surface area contributed by atoms with Gasteiger partial charge < -0.3 is 10.0 Å². The average Bonchev–Trinajstić information content (AvgIpc) is 2.90. The van der Waals surface area contributed by atoms with Crippen LogP contribution in [0.15, 0.2) is 0 Å². The van der Waals surface area contributed by atoms with Crippen molar-refractivity contribution >= 4 is 5.91 Å². The standard InChI is InChI=1S/C19H35N3O2/c1-15-4-6-19(24,7-5-15)14-20-12-16(2)18(13-20)22-10-8-21(9-11-22)17(3)23/h15-16,18,24H,4-14H2,1-3H3/t15?,16-,18+,19?/m1/s1. The Kier molecular flexibility index (Phi) is 5.52. The Bertz CT molecular complexity index is 440. The molecule has 138 valence electrons. The SMILES string of the molecule is CC(=O)N1CCN([C@H]2CN(CC3(O)CCC(C)CC3)C[C@H]2C)CC1. The van der Waals surface area contributed by atoms with Crippen molar-refractivity contribution in [2.75, 3.05) is 45.8 Å². The summed E-state index contributed by atoms with van der Waals surface area (Å²) in [4.78, 5) is 18.5. The maximum Gasteiger partial charge on any atom is 0.219 e. The van der Waals surface area contributed by atoms with Gasteiger partial charge in [0, 0.05) is 58.8 Å². The predicted molar refractivity (Wildman–Crippen MR) is 95.8 cm³/mol. The highest BCUT2D eigenvalue weighted by molar-refractivity contribution is 5.73. The van der Waals surface area contributed by atoms with E-state index >= 15 is 0 Å². The van der Waals surface area contributed by atoms with Crippen molar-refractivity contribution < 1.29 is 9.90 Å². The van der Waals surface area contributed by atoms with E-state index in [4.69, 9.17) is 0 Å². The molecular weight excluding hydrogens is 302 g/mol. The molecule has 3 rings (SSSR count). The molecule has 5 heteroatoms. The molecule has 0 bridgehead atoms. The molecular formula is C19H35N3O2. The summed E-state index contributed by atoms with van der Waals surface area (Å²) < 4.78 is 0. The van der Waals surface area contributed by atoms with Gasteiger partial charge in [-0.15, -0.1) is 0 Å². The molecule has 2 heterocycles. The van der Waals surface area contributed by atoms with Gasteiger partial charge in [-0.3, -0.25) is 14.6 Å². The fourth-order valence-electron chi connectivity index (χ4n) is 4.89. The van der Waals surface area contributed by atoms with Gasteiger partial charge in [-0.05, 0) is 37.5 Å². The van der Waals surface area contributed by atoms with E-state index in [2.05, 4.69) is 23.6 Å². The zero-order valence-corrected chi connectivity index (χ0v) is 15.7. The first-order valence-electron chi connectivity index (χ1n) is 9.80. The van der Waals surface area contributed by atoms with E-state index in [1.165, 1.54) is 0 Å². The minimum Gasteiger partial charge on any atom is -0.389 e. The molecule has 0 radical (unpaired) electrons. The van der Waals surface area contributed by atoms with E-state index in [0.29, 0.717) is 12.0 Å². The monoisotopic (exact) mass is 337 g/mol. The van der Waals surface area contributed by atoms with Gasteiger partial charge in [-0.1, -0.05) is 13.8 Å². The van der Waals surface area contributed by atoms with Crippen molar-refractivity contribution in [2.24, 2.45) is 11.8 Å². The number of carbonyl (C=O) groups excluding carboxylic acids is 1. The van der Waals surface area contributed by atoms with Crippen LogP contribution in [0.4, 0.5) is 0 Å². The molecule has 24 heavy (non-hydrogen) atoms. The summed E-state index contributed by atoms with van der Waals surface area (Å²) in [7, 11) is 0. The van der Waals surface area contributed by atoms with Crippen LogP contribution < -0.4 is 0 Å². The number of carbonyl (C=O) groups is 1. The lowest BCUT2D eigenvalue weighted by atomic mass is 9.79. The Morgan fingerprint density at radius 3 is 2.29 bits per heavy atom. The summed E-state index contributed by atoms with van der Waals surface area (Å²) in [5.41, 5.74) is -0.464. The second kappa shape index (κ2) is 7.30. The summed E-state index contributed by atoms with van der Waals surface area (Å²) in [6, 6.07) is 0.574. The fraction of sp³-hybridized carbons (Fsp3) is 0.947. The molecule has 1 aliphatic carbocycles. The first-order chi connectivity index (χ1) is 11.4. The van der Waals surface area contributed by atoms with Gasteiger partial charge in [-0.2, -0.15) is 0 Å². The highest BCUT2D eigenvalue weighted by Gasteiger charge is 2.40. The van der Waals surface area contributed by atoms with Crippen LogP contribution in [-0.4, -0.2) is 83.2 Å². The van der Waals surface area contributed by atoms with Crippen molar-refractivity contribution in [2.45, 2.75) is 58.1 Å². The normalized spacial score (nSPS) is 39.3. The number of hydrogen-bond donors (Lipinski definition) is 1. The lowest BCUT2D eigenvalue weighted by Gasteiger charge is -2.39. The van der Waals surface area contributed by atoms with Crippen LogP contribution in [0.2, 0.25) is 0 Å². The Labute approximate surface area is 147 Å². The molecule has 0 aromatic rings. The van der Waals surface area contributed by atoms with E-state index in [0.717, 1.165) is 77.4 Å². The molecule has 1 N–H and O–H groups in total. The van der Waals surface area contributed by atoms with Crippen LogP contribution >= 0.6 is 0 Å². The second-order valence-corrected chi connectivity index (χ2v) is 8.69. The minimum atomic E-state index is -0.464. The number of β-amino-alcohol motifs (C(OH)–C–C–N with tert-alkyl or cyclic N) is 1. The van der Waals surface area contributed by atoms with Gasteiger partial charge >= 0.3 is 0 Å². The van der Waals surface area contributed by atoms with E-state index in [1.807, 2.05) is 4.90 Å². The summed E-state index contributed by atoms with van der Waals surface area (Å²) in [5, 5.41) is 10.9. The largest absolute Gasteiger partial charge is 0.389 e. The maximum atomic E-state index is 11.5. The van der Waals surface area contributed by atoms with Crippen molar-refractivity contribution in [1.29, 1.82) is 0 Å². The number of rotatable bonds is 3. The topological polar surface area (TPSA) is 47.0 Å². The average molecular weight is 338 g/mol. The first-order valence-corrected chi connectivity index (χ1v) is 9.80. The maximum absolute atomic E-state index is 11.5. The van der Waals surface area contributed by atoms with Gasteiger partial charge in [0.15, 0.2) is 0 Å². The molecule has 0 aromatic heterocycles. The van der Waals surface area contributed by atoms with Gasteiger partial charge in [0.25, 0.3) is 0 Å². The summed E-state index contributed by atoms with van der Waals surface area (Å²) in [6.45, 7) is 13.0. The van der Waals surface area contributed by atoms with E-state index < -0.39 is 5.60 Å². The molecule has 1 saturated carbocycles. The first kappa shape index (κ1) is 18.2. The third-order valence-electron chi connectivity index (χ3n) is 6.60. The molecule has 0 aromatic carbocycles. The van der Waals surface area contributed by atoms with Gasteiger partial charge in [0.05, 0.1) is 5.60 Å². The molecule has 1 amide bonds. The van der Waals surface area contributed by atoms with Crippen LogP contribution in [0.5, 0.6) is 0 Å². The number of hydrogen-bond acceptors (Lipinski definition) is 4. The Balaban J connectivity index is 1.51. The number of amides is 1. The number of aliphatic hydroxyl groups is 1. The van der Waals surface area contributed by atoms with Crippen molar-refractivity contribution in [3.05, 3.63) is 0 Å². The third kappa shape index (κ3) is 4.12. The molecule has 2 atom stereocenters. The smallest absolute Gasteiger partial charge is 0.219 e. The van der Waals surface area contributed by atoms with Crippen LogP contribution in [0.25, 0.3) is 0 Å². The van der Waals surface area contributed by atoms with E-state index in [-0.39, 0.29) is 5.91 Å².